The van der Waals surface area contributed by atoms with E-state index in [1.165, 1.54) is 5.56 Å². The predicted octanol–water partition coefficient (Wildman–Crippen LogP) is 4.32. The van der Waals surface area contributed by atoms with E-state index >= 15 is 0 Å². The molecule has 0 fully saturated rings. The van der Waals surface area contributed by atoms with E-state index in [1.807, 2.05) is 24.3 Å². The number of hydrogen-bond donors (Lipinski definition) is 3. The summed E-state index contributed by atoms with van der Waals surface area (Å²) in [6.07, 6.45) is 2.65. The largest absolute Gasteiger partial charge is 0.334 e. The highest BCUT2D eigenvalue weighted by Gasteiger charge is 2.13. The van der Waals surface area contributed by atoms with Crippen molar-refractivity contribution in [1.82, 2.24) is 5.32 Å². The molecule has 2 rings (SSSR count). The van der Waals surface area contributed by atoms with Gasteiger partial charge in [0.15, 0.2) is 0 Å². The summed E-state index contributed by atoms with van der Waals surface area (Å²) in [5.74, 6) is 0. The van der Waals surface area contributed by atoms with Crippen molar-refractivity contribution in [3.63, 3.8) is 0 Å². The van der Waals surface area contributed by atoms with Crippen LogP contribution in [0.25, 0.3) is 6.08 Å². The number of benzene rings is 2. The molecule has 0 aliphatic carbocycles. The molecule has 0 aromatic heterocycles. The first kappa shape index (κ1) is 21.5. The molecule has 0 saturated heterocycles. The van der Waals surface area contributed by atoms with Crippen LogP contribution in [0.1, 0.15) is 37.5 Å². The van der Waals surface area contributed by atoms with Gasteiger partial charge in [0.2, 0.25) is 10.0 Å². The van der Waals surface area contributed by atoms with Crippen molar-refractivity contribution in [2.75, 3.05) is 16.3 Å². The zero-order chi connectivity index (χ0) is 20.9. The summed E-state index contributed by atoms with van der Waals surface area (Å²) >= 11 is 0. The standard InChI is InChI=1S/C21H27N3O3S/c1-6-16-13-15(7-12-19(16)24-28(5,26)27)14-22-20(25)23-18-10-8-17(9-11-18)21(2,3)4/h6-13,24H,1,14H2,2-5H3,(H2,22,23,25). The molecule has 0 aliphatic rings. The molecular weight excluding hydrogens is 374 g/mol. The van der Waals surface area contributed by atoms with Crippen LogP contribution in [0.3, 0.4) is 0 Å². The summed E-state index contributed by atoms with van der Waals surface area (Å²) in [6, 6.07) is 12.6. The lowest BCUT2D eigenvalue weighted by Gasteiger charge is -2.19. The smallest absolute Gasteiger partial charge is 0.319 e. The Morgan fingerprint density at radius 2 is 1.75 bits per heavy atom. The normalized spacial score (nSPS) is 11.6. The second-order valence-corrected chi connectivity index (χ2v) is 9.38. The van der Waals surface area contributed by atoms with E-state index in [2.05, 4.69) is 42.7 Å². The van der Waals surface area contributed by atoms with Crippen LogP contribution in [0.2, 0.25) is 0 Å². The number of hydrogen-bond acceptors (Lipinski definition) is 3. The summed E-state index contributed by atoms with van der Waals surface area (Å²) in [5.41, 5.74) is 3.88. The summed E-state index contributed by atoms with van der Waals surface area (Å²) in [7, 11) is -3.37. The van der Waals surface area contributed by atoms with E-state index < -0.39 is 10.0 Å². The second kappa shape index (κ2) is 8.48. The molecule has 0 unspecified atom stereocenters. The zero-order valence-electron chi connectivity index (χ0n) is 16.7. The van der Waals surface area contributed by atoms with Crippen LogP contribution in [0.5, 0.6) is 0 Å². The van der Waals surface area contributed by atoms with Gasteiger partial charge in [-0.15, -0.1) is 0 Å². The topological polar surface area (TPSA) is 87.3 Å². The molecule has 150 valence electrons. The molecule has 0 radical (unpaired) electrons. The fourth-order valence-electron chi connectivity index (χ4n) is 2.59. The van der Waals surface area contributed by atoms with E-state index in [9.17, 15) is 13.2 Å². The van der Waals surface area contributed by atoms with Crippen LogP contribution in [0.15, 0.2) is 49.0 Å². The van der Waals surface area contributed by atoms with Gasteiger partial charge in [0, 0.05) is 12.2 Å². The Morgan fingerprint density at radius 3 is 2.29 bits per heavy atom. The first-order valence-electron chi connectivity index (χ1n) is 8.86. The minimum atomic E-state index is -3.37. The van der Waals surface area contributed by atoms with Gasteiger partial charge in [-0.2, -0.15) is 0 Å². The summed E-state index contributed by atoms with van der Waals surface area (Å²) in [4.78, 5) is 12.1. The van der Waals surface area contributed by atoms with Gasteiger partial charge in [-0.1, -0.05) is 51.6 Å². The lowest BCUT2D eigenvalue weighted by atomic mass is 9.87. The van der Waals surface area contributed by atoms with Gasteiger partial charge in [0.25, 0.3) is 0 Å². The average Bonchev–Trinajstić information content (AvgIpc) is 2.59. The highest BCUT2D eigenvalue weighted by Crippen LogP contribution is 2.23. The number of nitrogens with one attached hydrogen (secondary N) is 3. The fourth-order valence-corrected chi connectivity index (χ4v) is 3.18. The van der Waals surface area contributed by atoms with Gasteiger partial charge in [-0.25, -0.2) is 13.2 Å². The maximum Gasteiger partial charge on any atom is 0.319 e. The monoisotopic (exact) mass is 401 g/mol. The number of urea groups is 1. The molecule has 2 amide bonds. The Hall–Kier alpha value is -2.80. The first-order valence-corrected chi connectivity index (χ1v) is 10.8. The Balaban J connectivity index is 1.98. The molecule has 2 aromatic rings. The van der Waals surface area contributed by atoms with Crippen molar-refractivity contribution >= 4 is 33.5 Å². The molecule has 0 atom stereocenters. The van der Waals surface area contributed by atoms with Gasteiger partial charge >= 0.3 is 6.03 Å². The van der Waals surface area contributed by atoms with Gasteiger partial charge < -0.3 is 10.6 Å². The third kappa shape index (κ3) is 6.42. The van der Waals surface area contributed by atoms with Crippen molar-refractivity contribution in [1.29, 1.82) is 0 Å². The number of anilines is 2. The highest BCUT2D eigenvalue weighted by atomic mass is 32.2. The number of sulfonamides is 1. The van der Waals surface area contributed by atoms with Crippen LogP contribution in [0, 0.1) is 0 Å². The van der Waals surface area contributed by atoms with E-state index in [1.54, 1.807) is 24.3 Å². The molecule has 28 heavy (non-hydrogen) atoms. The zero-order valence-corrected chi connectivity index (χ0v) is 17.5. The minimum absolute atomic E-state index is 0.0573. The predicted molar refractivity (Wildman–Crippen MR) is 116 cm³/mol. The first-order chi connectivity index (χ1) is 13.0. The minimum Gasteiger partial charge on any atom is -0.334 e. The molecule has 2 aromatic carbocycles. The van der Waals surface area contributed by atoms with Crippen LogP contribution in [-0.4, -0.2) is 20.7 Å². The Labute approximate surface area is 167 Å². The van der Waals surface area contributed by atoms with Crippen LogP contribution in [-0.2, 0) is 22.0 Å². The van der Waals surface area contributed by atoms with Crippen LogP contribution < -0.4 is 15.4 Å². The van der Waals surface area contributed by atoms with Crippen molar-refractivity contribution in [2.24, 2.45) is 0 Å². The van der Waals surface area contributed by atoms with Gasteiger partial charge in [0.05, 0.1) is 11.9 Å². The molecule has 0 bridgehead atoms. The summed E-state index contributed by atoms with van der Waals surface area (Å²) in [6.45, 7) is 10.4. The average molecular weight is 402 g/mol. The Kier molecular flexibility index (Phi) is 6.51. The SMILES string of the molecule is C=Cc1cc(CNC(=O)Nc2ccc(C(C)(C)C)cc2)ccc1NS(C)(=O)=O. The molecule has 0 aliphatic heterocycles. The molecule has 3 N–H and O–H groups in total. The molecule has 6 nitrogen and oxygen atoms in total. The summed E-state index contributed by atoms with van der Waals surface area (Å²) < 4.78 is 25.3. The third-order valence-electron chi connectivity index (χ3n) is 4.09. The lowest BCUT2D eigenvalue weighted by Crippen LogP contribution is -2.28. The molecule has 7 heteroatoms. The Morgan fingerprint density at radius 1 is 1.11 bits per heavy atom. The molecule has 0 heterocycles. The second-order valence-electron chi connectivity index (χ2n) is 7.63. The molecule has 0 spiro atoms. The van der Waals surface area contributed by atoms with Crippen LogP contribution in [0.4, 0.5) is 16.2 Å². The van der Waals surface area contributed by atoms with Gasteiger partial charge in [-0.3, -0.25) is 4.72 Å². The van der Waals surface area contributed by atoms with Crippen molar-refractivity contribution in [3.05, 3.63) is 65.7 Å². The van der Waals surface area contributed by atoms with E-state index in [0.717, 1.165) is 11.8 Å². The van der Waals surface area contributed by atoms with E-state index in [4.69, 9.17) is 0 Å². The highest BCUT2D eigenvalue weighted by molar-refractivity contribution is 7.92. The molecule has 0 saturated carbocycles. The lowest BCUT2D eigenvalue weighted by molar-refractivity contribution is 0.251. The van der Waals surface area contributed by atoms with E-state index in [0.29, 0.717) is 23.5 Å². The van der Waals surface area contributed by atoms with Crippen molar-refractivity contribution in [2.45, 2.75) is 32.7 Å². The fraction of sp³-hybridized carbons (Fsp3) is 0.286. The Bertz CT molecular complexity index is 959. The van der Waals surface area contributed by atoms with Gasteiger partial charge in [-0.05, 0) is 46.4 Å². The quantitative estimate of drug-likeness (QED) is 0.674. The number of carbonyl (C=O) groups is 1. The number of amides is 2. The number of rotatable bonds is 6. The van der Waals surface area contributed by atoms with Crippen molar-refractivity contribution in [3.8, 4) is 0 Å². The van der Waals surface area contributed by atoms with Crippen molar-refractivity contribution < 1.29 is 13.2 Å². The molecular formula is C21H27N3O3S. The van der Waals surface area contributed by atoms with E-state index in [-0.39, 0.29) is 11.4 Å². The summed E-state index contributed by atoms with van der Waals surface area (Å²) in [5, 5.41) is 5.59. The maximum absolute atomic E-state index is 12.1. The third-order valence-corrected chi connectivity index (χ3v) is 4.68. The van der Waals surface area contributed by atoms with Crippen LogP contribution >= 0.6 is 0 Å². The number of carbonyl (C=O) groups excluding carboxylic acids is 1. The maximum atomic E-state index is 12.1. The van der Waals surface area contributed by atoms with Gasteiger partial charge in [0.1, 0.15) is 0 Å².